The summed E-state index contributed by atoms with van der Waals surface area (Å²) >= 11 is 1.52. The van der Waals surface area contributed by atoms with Crippen molar-refractivity contribution in [2.24, 2.45) is 5.73 Å². The summed E-state index contributed by atoms with van der Waals surface area (Å²) in [4.78, 5) is 15.7. The number of hydrogen-bond donors (Lipinski definition) is 3. The molecule has 0 saturated carbocycles. The Hall–Kier alpha value is -2.60. The quantitative estimate of drug-likeness (QED) is 0.644. The molecule has 1 amide bonds. The van der Waals surface area contributed by atoms with E-state index in [-0.39, 0.29) is 0 Å². The molecule has 1 heterocycles. The summed E-state index contributed by atoms with van der Waals surface area (Å²) in [5.74, 6) is -0.489. The number of benzene rings is 2. The molecule has 20 heavy (non-hydrogen) atoms. The maximum Gasteiger partial charge on any atom is 0.248 e. The molecule has 5 nitrogen and oxygen atoms in total. The van der Waals surface area contributed by atoms with Crippen LogP contribution in [0.3, 0.4) is 0 Å². The molecule has 3 aromatic rings. The van der Waals surface area contributed by atoms with Gasteiger partial charge in [-0.05, 0) is 30.3 Å². The summed E-state index contributed by atoms with van der Waals surface area (Å²) in [6, 6.07) is 12.7. The summed E-state index contributed by atoms with van der Waals surface area (Å²) in [7, 11) is 0. The second-order valence-electron chi connectivity index (χ2n) is 4.28. The van der Waals surface area contributed by atoms with Crippen LogP contribution < -0.4 is 16.8 Å². The van der Waals surface area contributed by atoms with Crippen LogP contribution in [-0.2, 0) is 0 Å². The van der Waals surface area contributed by atoms with Crippen molar-refractivity contribution < 1.29 is 4.79 Å². The number of anilines is 3. The van der Waals surface area contributed by atoms with Crippen molar-refractivity contribution in [1.82, 2.24) is 4.98 Å². The number of aromatic nitrogens is 1. The van der Waals surface area contributed by atoms with Gasteiger partial charge in [0.15, 0.2) is 5.13 Å². The highest BCUT2D eigenvalue weighted by Gasteiger charge is 2.08. The van der Waals surface area contributed by atoms with Crippen molar-refractivity contribution in [2.45, 2.75) is 0 Å². The first-order valence-electron chi connectivity index (χ1n) is 5.95. The summed E-state index contributed by atoms with van der Waals surface area (Å²) in [6.45, 7) is 0. The standard InChI is InChI=1S/C14H12N4OS/c15-9-6-5-8(13(16)19)7-11(9)18-14-17-10-3-1-2-4-12(10)20-14/h1-7H,15H2,(H2,16,19)(H,17,18). The maximum absolute atomic E-state index is 11.2. The van der Waals surface area contributed by atoms with Gasteiger partial charge in [-0.2, -0.15) is 0 Å². The van der Waals surface area contributed by atoms with Gasteiger partial charge in [-0.1, -0.05) is 23.5 Å². The number of fused-ring (bicyclic) bond motifs is 1. The fourth-order valence-electron chi connectivity index (χ4n) is 1.86. The molecule has 100 valence electrons. The van der Waals surface area contributed by atoms with Crippen molar-refractivity contribution in [3.63, 3.8) is 0 Å². The number of nitrogens with one attached hydrogen (secondary N) is 1. The van der Waals surface area contributed by atoms with Crippen molar-refractivity contribution in [1.29, 1.82) is 0 Å². The Morgan fingerprint density at radius 2 is 2.00 bits per heavy atom. The zero-order valence-corrected chi connectivity index (χ0v) is 11.3. The van der Waals surface area contributed by atoms with Crippen molar-refractivity contribution >= 4 is 44.0 Å². The first kappa shape index (κ1) is 12.4. The van der Waals surface area contributed by atoms with E-state index in [2.05, 4.69) is 10.3 Å². The molecule has 0 unspecified atom stereocenters. The molecular formula is C14H12N4OS. The lowest BCUT2D eigenvalue weighted by Gasteiger charge is -2.07. The monoisotopic (exact) mass is 284 g/mol. The molecule has 0 saturated heterocycles. The SMILES string of the molecule is NC(=O)c1ccc(N)c(Nc2nc3ccccc3s2)c1. The maximum atomic E-state index is 11.2. The predicted octanol–water partition coefficient (Wildman–Crippen LogP) is 2.72. The first-order valence-corrected chi connectivity index (χ1v) is 6.77. The van der Waals surface area contributed by atoms with E-state index in [1.807, 2.05) is 24.3 Å². The van der Waals surface area contributed by atoms with Gasteiger partial charge >= 0.3 is 0 Å². The lowest BCUT2D eigenvalue weighted by atomic mass is 10.1. The molecule has 0 aliphatic rings. The molecular weight excluding hydrogens is 272 g/mol. The van der Waals surface area contributed by atoms with Crippen LogP contribution in [0.2, 0.25) is 0 Å². The van der Waals surface area contributed by atoms with Crippen LogP contribution in [0.25, 0.3) is 10.2 Å². The third-order valence-electron chi connectivity index (χ3n) is 2.87. The van der Waals surface area contributed by atoms with E-state index in [0.29, 0.717) is 16.9 Å². The van der Waals surface area contributed by atoms with Gasteiger partial charge < -0.3 is 16.8 Å². The van der Waals surface area contributed by atoms with Gasteiger partial charge in [0.2, 0.25) is 5.91 Å². The van der Waals surface area contributed by atoms with Crippen LogP contribution in [0.1, 0.15) is 10.4 Å². The molecule has 0 spiro atoms. The minimum Gasteiger partial charge on any atom is -0.397 e. The Labute approximate surface area is 119 Å². The number of rotatable bonds is 3. The van der Waals surface area contributed by atoms with E-state index < -0.39 is 5.91 Å². The number of para-hydroxylation sites is 1. The lowest BCUT2D eigenvalue weighted by molar-refractivity contribution is 0.100. The summed E-state index contributed by atoms with van der Waals surface area (Å²) < 4.78 is 1.08. The highest BCUT2D eigenvalue weighted by Crippen LogP contribution is 2.30. The summed E-state index contributed by atoms with van der Waals surface area (Å²) in [5.41, 5.74) is 13.6. The van der Waals surface area contributed by atoms with E-state index in [1.165, 1.54) is 11.3 Å². The zero-order valence-electron chi connectivity index (χ0n) is 10.5. The van der Waals surface area contributed by atoms with E-state index in [9.17, 15) is 4.79 Å². The van der Waals surface area contributed by atoms with Crippen LogP contribution in [-0.4, -0.2) is 10.9 Å². The topological polar surface area (TPSA) is 94.0 Å². The van der Waals surface area contributed by atoms with Gasteiger partial charge in [0.05, 0.1) is 21.6 Å². The highest BCUT2D eigenvalue weighted by atomic mass is 32.1. The van der Waals surface area contributed by atoms with E-state index >= 15 is 0 Å². The Morgan fingerprint density at radius 1 is 1.20 bits per heavy atom. The minimum atomic E-state index is -0.489. The van der Waals surface area contributed by atoms with Crippen LogP contribution in [0, 0.1) is 0 Å². The fraction of sp³-hybridized carbons (Fsp3) is 0. The van der Waals surface area contributed by atoms with E-state index in [1.54, 1.807) is 18.2 Å². The van der Waals surface area contributed by atoms with Gasteiger partial charge in [0, 0.05) is 5.56 Å². The van der Waals surface area contributed by atoms with Gasteiger partial charge in [0.25, 0.3) is 0 Å². The van der Waals surface area contributed by atoms with Gasteiger partial charge in [0.1, 0.15) is 0 Å². The number of primary amides is 1. The van der Waals surface area contributed by atoms with E-state index in [4.69, 9.17) is 11.5 Å². The Bertz CT molecular complexity index is 764. The smallest absolute Gasteiger partial charge is 0.248 e. The number of nitrogens with two attached hydrogens (primary N) is 2. The normalized spacial score (nSPS) is 10.6. The minimum absolute atomic E-state index is 0.405. The third-order valence-corrected chi connectivity index (χ3v) is 3.83. The molecule has 1 aromatic heterocycles. The molecule has 3 rings (SSSR count). The Kier molecular flexibility index (Phi) is 3.00. The number of hydrogen-bond acceptors (Lipinski definition) is 5. The number of amides is 1. The second kappa shape index (κ2) is 4.82. The number of carbonyl (C=O) groups excluding carboxylic acids is 1. The Balaban J connectivity index is 1.97. The molecule has 2 aromatic carbocycles. The van der Waals surface area contributed by atoms with Crippen molar-refractivity contribution in [2.75, 3.05) is 11.1 Å². The second-order valence-corrected chi connectivity index (χ2v) is 5.31. The molecule has 0 atom stereocenters. The van der Waals surface area contributed by atoms with Gasteiger partial charge in [-0.15, -0.1) is 0 Å². The number of nitrogen functional groups attached to an aromatic ring is 1. The molecule has 0 radical (unpaired) electrons. The molecule has 0 aliphatic heterocycles. The number of thiazole rings is 1. The molecule has 0 aliphatic carbocycles. The predicted molar refractivity (Wildman–Crippen MR) is 82.3 cm³/mol. The molecule has 0 bridgehead atoms. The van der Waals surface area contributed by atoms with Crippen LogP contribution >= 0.6 is 11.3 Å². The van der Waals surface area contributed by atoms with Crippen molar-refractivity contribution in [3.05, 3.63) is 48.0 Å². The van der Waals surface area contributed by atoms with Gasteiger partial charge in [-0.25, -0.2) is 4.98 Å². The highest BCUT2D eigenvalue weighted by molar-refractivity contribution is 7.22. The number of nitrogens with zero attached hydrogens (tertiary/aromatic N) is 1. The number of carbonyl (C=O) groups is 1. The lowest BCUT2D eigenvalue weighted by Crippen LogP contribution is -2.11. The zero-order chi connectivity index (χ0) is 14.1. The van der Waals surface area contributed by atoms with Gasteiger partial charge in [-0.3, -0.25) is 4.79 Å². The third kappa shape index (κ3) is 2.28. The van der Waals surface area contributed by atoms with E-state index in [0.717, 1.165) is 15.3 Å². The molecule has 6 heteroatoms. The summed E-state index contributed by atoms with van der Waals surface area (Å²) in [5, 5.41) is 3.85. The largest absolute Gasteiger partial charge is 0.397 e. The van der Waals surface area contributed by atoms with Crippen LogP contribution in [0.5, 0.6) is 0 Å². The first-order chi connectivity index (χ1) is 9.63. The van der Waals surface area contributed by atoms with Crippen molar-refractivity contribution in [3.8, 4) is 0 Å². The Morgan fingerprint density at radius 3 is 2.75 bits per heavy atom. The molecule has 5 N–H and O–H groups in total. The average molecular weight is 284 g/mol. The van der Waals surface area contributed by atoms with Crippen LogP contribution in [0.4, 0.5) is 16.5 Å². The summed E-state index contributed by atoms with van der Waals surface area (Å²) in [6.07, 6.45) is 0. The average Bonchev–Trinajstić information content (AvgIpc) is 2.83. The molecule has 0 fully saturated rings. The van der Waals surface area contributed by atoms with Crippen LogP contribution in [0.15, 0.2) is 42.5 Å². The fourth-order valence-corrected chi connectivity index (χ4v) is 2.74.